The molecule has 7 nitrogen and oxygen atoms in total. The molecule has 1 unspecified atom stereocenters. The van der Waals surface area contributed by atoms with E-state index in [1.165, 1.54) is 6.42 Å². The Kier molecular flexibility index (Phi) is 6.02. The Morgan fingerprint density at radius 3 is 2.52 bits per heavy atom. The van der Waals surface area contributed by atoms with Gasteiger partial charge in [0, 0.05) is 18.5 Å². The highest BCUT2D eigenvalue weighted by Gasteiger charge is 2.65. The average molecular weight is 428 g/mol. The highest BCUT2D eigenvalue weighted by atomic mass is 32.2. The van der Waals surface area contributed by atoms with Crippen LogP contribution in [-0.4, -0.2) is 61.1 Å². The zero-order valence-corrected chi connectivity index (χ0v) is 18.6. The fraction of sp³-hybridized carbons (Fsp3) is 0.810. The molecular weight excluding hydrogens is 394 g/mol. The van der Waals surface area contributed by atoms with Crippen LogP contribution < -0.4 is 0 Å². The Hall–Kier alpha value is -1.25. The molecule has 2 aliphatic heterocycles. The van der Waals surface area contributed by atoms with Crippen LogP contribution in [0.2, 0.25) is 0 Å². The maximum Gasteiger partial charge on any atom is 0.335 e. The third-order valence-electron chi connectivity index (χ3n) is 7.89. The van der Waals surface area contributed by atoms with E-state index in [-0.39, 0.29) is 23.1 Å². The molecule has 0 radical (unpaired) electrons. The van der Waals surface area contributed by atoms with Gasteiger partial charge in [0.15, 0.2) is 0 Å². The molecule has 0 aromatic heterocycles. The summed E-state index contributed by atoms with van der Waals surface area (Å²) in [5.74, 6) is -0.222. The summed E-state index contributed by atoms with van der Waals surface area (Å²) in [4.78, 5) is 25.8. The fourth-order valence-corrected chi connectivity index (χ4v) is 7.22. The monoisotopic (exact) mass is 427 g/mol. The van der Waals surface area contributed by atoms with Crippen LogP contribution in [0.25, 0.3) is 0 Å². The molecule has 2 heterocycles. The van der Waals surface area contributed by atoms with Gasteiger partial charge in [-0.15, -0.1) is 0 Å². The Bertz CT molecular complexity index is 817. The lowest BCUT2D eigenvalue weighted by Gasteiger charge is -2.35. The standard InChI is InChI=1S/C11H17NO2.C10H16O4S/c1-3-14-11(13)9-6-4-8-5-7-10(9)12(8)2;1-9(2)7-3-4-10(9,8(11)5-7)6-15(12,13)14/h6,8,10H,3-5,7H2,1-2H3;7H,3-6H2,1-2H3,(H,12,13,14)/t8-,10?;7-,10-/m01/s1. The van der Waals surface area contributed by atoms with Gasteiger partial charge in [-0.3, -0.25) is 14.2 Å². The largest absolute Gasteiger partial charge is 0.463 e. The third kappa shape index (κ3) is 3.91. The first-order valence-electron chi connectivity index (χ1n) is 10.5. The second kappa shape index (κ2) is 7.78. The number of fused-ring (bicyclic) bond motifs is 4. The molecule has 4 rings (SSSR count). The van der Waals surface area contributed by atoms with E-state index in [0.717, 1.165) is 24.8 Å². The molecular formula is C21H33NO6S. The van der Waals surface area contributed by atoms with Crippen molar-refractivity contribution in [1.82, 2.24) is 4.90 Å². The smallest absolute Gasteiger partial charge is 0.335 e. The molecule has 164 valence electrons. The number of carbonyl (C=O) groups excluding carboxylic acids is 2. The summed E-state index contributed by atoms with van der Waals surface area (Å²) in [5, 5.41) is 0. The molecule has 1 N–H and O–H groups in total. The van der Waals surface area contributed by atoms with E-state index >= 15 is 0 Å². The van der Waals surface area contributed by atoms with Gasteiger partial charge in [0.05, 0.1) is 23.3 Å². The van der Waals surface area contributed by atoms with Gasteiger partial charge in [-0.05, 0) is 57.4 Å². The molecule has 29 heavy (non-hydrogen) atoms. The first-order valence-corrected chi connectivity index (χ1v) is 12.1. The number of ether oxygens (including phenoxy) is 1. The van der Waals surface area contributed by atoms with Crippen molar-refractivity contribution in [1.29, 1.82) is 0 Å². The molecule has 8 heteroatoms. The van der Waals surface area contributed by atoms with Gasteiger partial charge in [0.1, 0.15) is 5.78 Å². The van der Waals surface area contributed by atoms with Crippen LogP contribution in [0.5, 0.6) is 0 Å². The predicted octanol–water partition coefficient (Wildman–Crippen LogP) is 2.61. The van der Waals surface area contributed by atoms with Gasteiger partial charge >= 0.3 is 5.97 Å². The van der Waals surface area contributed by atoms with E-state index in [0.29, 0.717) is 31.5 Å². The summed E-state index contributed by atoms with van der Waals surface area (Å²) >= 11 is 0. The number of esters is 1. The van der Waals surface area contributed by atoms with Crippen molar-refractivity contribution in [2.45, 2.75) is 71.4 Å². The first kappa shape index (κ1) is 22.4. The van der Waals surface area contributed by atoms with Crippen LogP contribution in [0.1, 0.15) is 59.3 Å². The van der Waals surface area contributed by atoms with E-state index in [1.54, 1.807) is 0 Å². The molecule has 2 aliphatic carbocycles. The number of ketones is 1. The van der Waals surface area contributed by atoms with Gasteiger partial charge in [0.2, 0.25) is 0 Å². The van der Waals surface area contributed by atoms with E-state index < -0.39 is 21.3 Å². The third-order valence-corrected chi connectivity index (χ3v) is 8.75. The molecule has 1 saturated heterocycles. The number of rotatable bonds is 4. The van der Waals surface area contributed by atoms with E-state index in [1.807, 2.05) is 20.8 Å². The van der Waals surface area contributed by atoms with Gasteiger partial charge in [0.25, 0.3) is 10.1 Å². The Balaban J connectivity index is 0.000000166. The number of carbonyl (C=O) groups is 2. The minimum atomic E-state index is -4.08. The summed E-state index contributed by atoms with van der Waals surface area (Å²) in [6.07, 6.45) is 7.36. The highest BCUT2D eigenvalue weighted by Crippen LogP contribution is 2.64. The summed E-state index contributed by atoms with van der Waals surface area (Å²) < 4.78 is 36.0. The summed E-state index contributed by atoms with van der Waals surface area (Å²) in [7, 11) is -1.97. The Morgan fingerprint density at radius 1 is 1.31 bits per heavy atom. The zero-order valence-electron chi connectivity index (χ0n) is 17.8. The zero-order chi connectivity index (χ0) is 21.6. The van der Waals surface area contributed by atoms with E-state index in [9.17, 15) is 18.0 Å². The Morgan fingerprint density at radius 2 is 2.00 bits per heavy atom. The second-order valence-corrected chi connectivity index (χ2v) is 10.9. The average Bonchev–Trinajstić information content (AvgIpc) is 3.05. The van der Waals surface area contributed by atoms with Crippen molar-refractivity contribution in [3.05, 3.63) is 11.6 Å². The van der Waals surface area contributed by atoms with Crippen molar-refractivity contribution >= 4 is 21.9 Å². The SMILES string of the molecule is CC1(C)[C@@H]2CC[C@@]1(CS(=O)(=O)O)C(=O)C2.CCOC(=O)C1=CC[C@H]2CCC1N2C. The van der Waals surface area contributed by atoms with Crippen LogP contribution >= 0.6 is 0 Å². The van der Waals surface area contributed by atoms with Crippen molar-refractivity contribution in [3.63, 3.8) is 0 Å². The molecule has 2 saturated carbocycles. The fourth-order valence-electron chi connectivity index (χ4n) is 5.92. The van der Waals surface area contributed by atoms with Crippen LogP contribution in [0, 0.1) is 16.7 Å². The lowest BCUT2D eigenvalue weighted by molar-refractivity contribution is -0.139. The normalized spacial score (nSPS) is 35.1. The molecule has 3 fully saturated rings. The molecule has 0 spiro atoms. The molecule has 4 bridgehead atoms. The van der Waals surface area contributed by atoms with Crippen molar-refractivity contribution < 1.29 is 27.3 Å². The summed E-state index contributed by atoms with van der Waals surface area (Å²) in [6.45, 7) is 6.21. The topological polar surface area (TPSA) is 101 Å². The number of hydrogen-bond acceptors (Lipinski definition) is 6. The van der Waals surface area contributed by atoms with Crippen LogP contribution in [-0.2, 0) is 24.4 Å². The minimum absolute atomic E-state index is 0.0152. The second-order valence-electron chi connectivity index (χ2n) is 9.42. The summed E-state index contributed by atoms with van der Waals surface area (Å²) in [6, 6.07) is 0.964. The van der Waals surface area contributed by atoms with Crippen LogP contribution in [0.15, 0.2) is 11.6 Å². The molecule has 4 atom stereocenters. The first-order chi connectivity index (χ1) is 13.4. The molecule has 0 aromatic carbocycles. The van der Waals surface area contributed by atoms with Gasteiger partial charge in [-0.2, -0.15) is 8.42 Å². The van der Waals surface area contributed by atoms with Crippen LogP contribution in [0.4, 0.5) is 0 Å². The van der Waals surface area contributed by atoms with E-state index in [2.05, 4.69) is 18.0 Å². The van der Waals surface area contributed by atoms with Crippen molar-refractivity contribution in [2.24, 2.45) is 16.7 Å². The Labute approximate surface area is 173 Å². The van der Waals surface area contributed by atoms with Crippen molar-refractivity contribution in [2.75, 3.05) is 19.4 Å². The number of hydrogen-bond donors (Lipinski definition) is 1. The molecule has 0 aromatic rings. The van der Waals surface area contributed by atoms with Gasteiger partial charge < -0.3 is 4.74 Å². The maximum atomic E-state index is 11.9. The predicted molar refractivity (Wildman–Crippen MR) is 109 cm³/mol. The number of nitrogens with zero attached hydrogens (tertiary/aromatic N) is 1. The van der Waals surface area contributed by atoms with Crippen LogP contribution in [0.3, 0.4) is 0 Å². The van der Waals surface area contributed by atoms with Crippen molar-refractivity contribution in [3.8, 4) is 0 Å². The number of Topliss-reactive ketones (excluding diaryl/α,β-unsaturated/α-hetero) is 1. The quantitative estimate of drug-likeness (QED) is 0.543. The molecule has 0 amide bonds. The lowest BCUT2D eigenvalue weighted by atomic mass is 9.70. The van der Waals surface area contributed by atoms with E-state index in [4.69, 9.17) is 9.29 Å². The van der Waals surface area contributed by atoms with Gasteiger partial charge in [-0.1, -0.05) is 19.9 Å². The maximum absolute atomic E-state index is 11.9. The summed E-state index contributed by atoms with van der Waals surface area (Å²) in [5.41, 5.74) is -0.242. The number of likely N-dealkylation sites (N-methyl/N-ethyl adjacent to an activating group) is 1. The minimum Gasteiger partial charge on any atom is -0.463 e. The molecule has 4 aliphatic rings. The van der Waals surface area contributed by atoms with Gasteiger partial charge in [-0.25, -0.2) is 4.79 Å². The highest BCUT2D eigenvalue weighted by molar-refractivity contribution is 7.85. The lowest BCUT2D eigenvalue weighted by Crippen LogP contribution is -2.42.